The molecule has 0 aliphatic rings. The largest absolute Gasteiger partial charge is 0.193 e. The molecule has 80 valence electrons. The van der Waals surface area contributed by atoms with Crippen molar-refractivity contribution in [2.24, 2.45) is 0 Å². The molecule has 0 amide bonds. The van der Waals surface area contributed by atoms with E-state index in [9.17, 15) is 0 Å². The summed E-state index contributed by atoms with van der Waals surface area (Å²) in [4.78, 5) is 0. The van der Waals surface area contributed by atoms with Gasteiger partial charge in [-0.2, -0.15) is 5.26 Å². The van der Waals surface area contributed by atoms with E-state index in [1.807, 2.05) is 0 Å². The molecule has 0 N–H and O–H groups in total. The van der Waals surface area contributed by atoms with Crippen molar-refractivity contribution < 1.29 is 0 Å². The van der Waals surface area contributed by atoms with Gasteiger partial charge in [-0.25, -0.2) is 0 Å². The highest BCUT2D eigenvalue weighted by Crippen LogP contribution is 2.15. The molecular formula is C12H23NSi. The Morgan fingerprint density at radius 3 is 2.29 bits per heavy atom. The molecule has 2 heteroatoms. The van der Waals surface area contributed by atoms with Gasteiger partial charge in [0.25, 0.3) is 0 Å². The lowest BCUT2D eigenvalue weighted by Crippen LogP contribution is -2.22. The molecule has 0 aromatic heterocycles. The van der Waals surface area contributed by atoms with Crippen LogP contribution in [0.25, 0.3) is 0 Å². The first-order valence-electron chi connectivity index (χ1n) is 5.63. The van der Waals surface area contributed by atoms with Crippen LogP contribution in [0.5, 0.6) is 0 Å². The van der Waals surface area contributed by atoms with Crippen molar-refractivity contribution in [3.63, 3.8) is 0 Å². The molecule has 0 bridgehead atoms. The fourth-order valence-corrected chi connectivity index (χ4v) is 2.43. The molecular weight excluding hydrogens is 186 g/mol. The van der Waals surface area contributed by atoms with Gasteiger partial charge in [-0.15, -0.1) is 0 Å². The predicted molar refractivity (Wildman–Crippen MR) is 65.8 cm³/mol. The number of nitriles is 1. The van der Waals surface area contributed by atoms with Gasteiger partial charge >= 0.3 is 0 Å². The van der Waals surface area contributed by atoms with E-state index in [-0.39, 0.29) is 0 Å². The van der Waals surface area contributed by atoms with Crippen LogP contribution >= 0.6 is 0 Å². The second-order valence-corrected chi connectivity index (χ2v) is 9.87. The molecule has 0 spiro atoms. The smallest absolute Gasteiger partial charge is 0.0907 e. The third kappa shape index (κ3) is 5.99. The lowest BCUT2D eigenvalue weighted by molar-refractivity contribution is 0.674. The molecule has 0 aromatic carbocycles. The minimum atomic E-state index is -1.36. The monoisotopic (exact) mass is 209 g/mol. The first-order chi connectivity index (χ1) is 6.52. The maximum absolute atomic E-state index is 8.98. The topological polar surface area (TPSA) is 23.8 Å². The summed E-state index contributed by atoms with van der Waals surface area (Å²) in [5.74, 6) is 0. The van der Waals surface area contributed by atoms with Gasteiger partial charge in [0.2, 0.25) is 0 Å². The molecule has 0 atom stereocenters. The maximum atomic E-state index is 8.98. The van der Waals surface area contributed by atoms with Crippen LogP contribution in [0.3, 0.4) is 0 Å². The van der Waals surface area contributed by atoms with E-state index >= 15 is 0 Å². The number of allylic oxidation sites excluding steroid dienone is 2. The lowest BCUT2D eigenvalue weighted by Gasteiger charge is -2.13. The summed E-state index contributed by atoms with van der Waals surface area (Å²) in [6, 6.07) is 2.36. The predicted octanol–water partition coefficient (Wildman–Crippen LogP) is 4.28. The highest BCUT2D eigenvalue weighted by molar-refractivity contribution is 6.84. The summed E-state index contributed by atoms with van der Waals surface area (Å²) >= 11 is 0. The molecule has 0 heterocycles. The molecule has 0 saturated carbocycles. The van der Waals surface area contributed by atoms with Crippen molar-refractivity contribution in [2.75, 3.05) is 0 Å². The van der Waals surface area contributed by atoms with Crippen LogP contribution in [0.2, 0.25) is 19.6 Å². The standard InChI is InChI=1S/C12H23NSi/c1-5-6-7-8-9-10-12(11-13)14(2,3)4/h10H,5-9H2,1-4H3/b12-10+. The molecule has 0 aromatic rings. The first-order valence-corrected chi connectivity index (χ1v) is 9.13. The number of unbranched alkanes of at least 4 members (excludes halogenated alkanes) is 4. The lowest BCUT2D eigenvalue weighted by atomic mass is 10.1. The summed E-state index contributed by atoms with van der Waals surface area (Å²) < 4.78 is 0. The van der Waals surface area contributed by atoms with Gasteiger partial charge in [-0.1, -0.05) is 51.9 Å². The van der Waals surface area contributed by atoms with Gasteiger partial charge in [0.05, 0.1) is 14.1 Å². The Labute approximate surface area is 89.8 Å². The maximum Gasteiger partial charge on any atom is 0.0907 e. The van der Waals surface area contributed by atoms with E-state index in [0.717, 1.165) is 11.6 Å². The second kappa shape index (κ2) is 6.84. The first kappa shape index (κ1) is 13.4. The zero-order valence-corrected chi connectivity index (χ0v) is 11.1. The van der Waals surface area contributed by atoms with Gasteiger partial charge in [0.1, 0.15) is 0 Å². The van der Waals surface area contributed by atoms with Crippen LogP contribution in [-0.2, 0) is 0 Å². The Morgan fingerprint density at radius 2 is 1.86 bits per heavy atom. The molecule has 0 rings (SSSR count). The van der Waals surface area contributed by atoms with Crippen molar-refractivity contribution in [1.82, 2.24) is 0 Å². The summed E-state index contributed by atoms with van der Waals surface area (Å²) in [5, 5.41) is 10.0. The van der Waals surface area contributed by atoms with Crippen molar-refractivity contribution in [2.45, 2.75) is 58.7 Å². The molecule has 14 heavy (non-hydrogen) atoms. The number of hydrogen-bond donors (Lipinski definition) is 0. The Morgan fingerprint density at radius 1 is 1.21 bits per heavy atom. The second-order valence-electron chi connectivity index (χ2n) is 4.83. The Bertz CT molecular complexity index is 217. The SMILES string of the molecule is CCCCCC/C=C(\C#N)[Si](C)(C)C. The summed E-state index contributed by atoms with van der Waals surface area (Å²) in [5.41, 5.74) is 0. The van der Waals surface area contributed by atoms with Gasteiger partial charge in [0, 0.05) is 5.20 Å². The Balaban J connectivity index is 3.91. The summed E-state index contributed by atoms with van der Waals surface area (Å²) in [7, 11) is -1.36. The van der Waals surface area contributed by atoms with E-state index in [0.29, 0.717) is 0 Å². The molecule has 1 nitrogen and oxygen atoms in total. The molecule has 0 saturated heterocycles. The quantitative estimate of drug-likeness (QED) is 0.364. The van der Waals surface area contributed by atoms with Crippen LogP contribution in [0.4, 0.5) is 0 Å². The van der Waals surface area contributed by atoms with Crippen molar-refractivity contribution in [1.29, 1.82) is 5.26 Å². The molecule has 0 fully saturated rings. The van der Waals surface area contributed by atoms with Crippen LogP contribution in [0, 0.1) is 11.3 Å². The fourth-order valence-electron chi connectivity index (χ4n) is 1.34. The van der Waals surface area contributed by atoms with Crippen LogP contribution in [-0.4, -0.2) is 8.07 Å². The van der Waals surface area contributed by atoms with E-state index in [1.54, 1.807) is 0 Å². The van der Waals surface area contributed by atoms with Crippen molar-refractivity contribution in [3.8, 4) is 6.07 Å². The average Bonchev–Trinajstić information content (AvgIpc) is 2.09. The highest BCUT2D eigenvalue weighted by Gasteiger charge is 2.18. The van der Waals surface area contributed by atoms with Gasteiger partial charge in [-0.05, 0) is 12.8 Å². The zero-order chi connectivity index (χ0) is 11.0. The minimum Gasteiger partial charge on any atom is -0.193 e. The van der Waals surface area contributed by atoms with E-state index < -0.39 is 8.07 Å². The Kier molecular flexibility index (Phi) is 6.57. The summed E-state index contributed by atoms with van der Waals surface area (Å²) in [6.07, 6.45) is 8.40. The molecule has 0 aliphatic carbocycles. The van der Waals surface area contributed by atoms with Crippen molar-refractivity contribution >= 4 is 8.07 Å². The van der Waals surface area contributed by atoms with Crippen LogP contribution in [0.1, 0.15) is 39.0 Å². The minimum absolute atomic E-state index is 1.06. The number of nitrogens with zero attached hydrogens (tertiary/aromatic N) is 1. The van der Waals surface area contributed by atoms with Gasteiger partial charge in [0.15, 0.2) is 0 Å². The highest BCUT2D eigenvalue weighted by atomic mass is 28.3. The number of rotatable bonds is 6. The Hall–Kier alpha value is -0.553. The molecule has 0 radical (unpaired) electrons. The fraction of sp³-hybridized carbons (Fsp3) is 0.750. The van der Waals surface area contributed by atoms with Crippen molar-refractivity contribution in [3.05, 3.63) is 11.3 Å². The van der Waals surface area contributed by atoms with Gasteiger partial charge in [-0.3, -0.25) is 0 Å². The zero-order valence-electron chi connectivity index (χ0n) is 10.1. The van der Waals surface area contributed by atoms with E-state index in [1.165, 1.54) is 25.7 Å². The molecule has 0 unspecified atom stereocenters. The molecule has 0 aliphatic heterocycles. The number of hydrogen-bond acceptors (Lipinski definition) is 1. The van der Waals surface area contributed by atoms with Crippen LogP contribution in [0.15, 0.2) is 11.3 Å². The van der Waals surface area contributed by atoms with E-state index in [4.69, 9.17) is 5.26 Å². The third-order valence-electron chi connectivity index (χ3n) is 2.33. The van der Waals surface area contributed by atoms with Gasteiger partial charge < -0.3 is 0 Å². The van der Waals surface area contributed by atoms with Crippen LogP contribution < -0.4 is 0 Å². The normalized spacial score (nSPS) is 12.6. The summed E-state index contributed by atoms with van der Waals surface area (Å²) in [6.45, 7) is 8.91. The van der Waals surface area contributed by atoms with E-state index in [2.05, 4.69) is 38.7 Å². The third-order valence-corrected chi connectivity index (χ3v) is 4.27. The average molecular weight is 209 g/mol.